The smallest absolute Gasteiger partial charge is 0.293 e. The SMILES string of the molecule is O=C(c1ccccc1)c1ccc([N+](=O)[O-])c(NS(=O)[O-])c1. The number of carbonyl (C=O) groups is 1. The number of carbonyl (C=O) groups excluding carboxylic acids is 1. The van der Waals surface area contributed by atoms with Crippen molar-refractivity contribution in [2.45, 2.75) is 0 Å². The summed E-state index contributed by atoms with van der Waals surface area (Å²) in [6.07, 6.45) is 0. The molecule has 0 amide bonds. The molecule has 2 aromatic carbocycles. The molecule has 0 aliphatic heterocycles. The molecule has 0 fully saturated rings. The van der Waals surface area contributed by atoms with Gasteiger partial charge in [0, 0.05) is 28.5 Å². The second-order valence-corrected chi connectivity index (χ2v) is 4.69. The quantitative estimate of drug-likeness (QED) is 0.393. The summed E-state index contributed by atoms with van der Waals surface area (Å²) in [5, 5.41) is 10.8. The summed E-state index contributed by atoms with van der Waals surface area (Å²) in [6.45, 7) is 0. The number of nitrogens with zero attached hydrogens (tertiary/aromatic N) is 1. The summed E-state index contributed by atoms with van der Waals surface area (Å²) in [5.41, 5.74) is -0.126. The van der Waals surface area contributed by atoms with Gasteiger partial charge in [0.15, 0.2) is 5.78 Å². The lowest BCUT2D eigenvalue weighted by molar-refractivity contribution is -0.383. The van der Waals surface area contributed by atoms with Crippen LogP contribution in [0.3, 0.4) is 0 Å². The Morgan fingerprint density at radius 3 is 2.33 bits per heavy atom. The van der Waals surface area contributed by atoms with Crippen molar-refractivity contribution in [3.63, 3.8) is 0 Å². The van der Waals surface area contributed by atoms with Crippen LogP contribution >= 0.6 is 0 Å². The molecule has 0 aliphatic carbocycles. The van der Waals surface area contributed by atoms with Crippen LogP contribution in [0.15, 0.2) is 48.5 Å². The molecule has 0 heterocycles. The normalized spacial score (nSPS) is 11.7. The van der Waals surface area contributed by atoms with Crippen LogP contribution in [0, 0.1) is 10.1 Å². The Balaban J connectivity index is 2.44. The summed E-state index contributed by atoms with van der Waals surface area (Å²) in [5.74, 6) is -0.356. The molecular formula is C13H9N2O5S-. The summed E-state index contributed by atoms with van der Waals surface area (Å²) in [6, 6.07) is 11.8. The van der Waals surface area contributed by atoms with Crippen LogP contribution < -0.4 is 4.72 Å². The third-order valence-electron chi connectivity index (χ3n) is 2.68. The van der Waals surface area contributed by atoms with Crippen molar-refractivity contribution in [2.75, 3.05) is 4.72 Å². The molecule has 0 saturated carbocycles. The van der Waals surface area contributed by atoms with Crippen molar-refractivity contribution in [3.05, 3.63) is 69.8 Å². The van der Waals surface area contributed by atoms with Gasteiger partial charge < -0.3 is 9.27 Å². The first-order chi connectivity index (χ1) is 9.99. The highest BCUT2D eigenvalue weighted by atomic mass is 32.2. The van der Waals surface area contributed by atoms with Crippen molar-refractivity contribution in [1.82, 2.24) is 0 Å². The van der Waals surface area contributed by atoms with E-state index in [0.29, 0.717) is 5.56 Å². The van der Waals surface area contributed by atoms with E-state index in [0.717, 1.165) is 12.1 Å². The Morgan fingerprint density at radius 1 is 1.10 bits per heavy atom. The minimum atomic E-state index is -2.73. The van der Waals surface area contributed by atoms with Gasteiger partial charge in [-0.05, 0) is 12.1 Å². The highest BCUT2D eigenvalue weighted by Gasteiger charge is 2.17. The van der Waals surface area contributed by atoms with Gasteiger partial charge in [0.1, 0.15) is 5.69 Å². The van der Waals surface area contributed by atoms with Gasteiger partial charge in [-0.3, -0.25) is 19.1 Å². The van der Waals surface area contributed by atoms with E-state index in [-0.39, 0.29) is 17.0 Å². The van der Waals surface area contributed by atoms with E-state index in [9.17, 15) is 23.7 Å². The molecule has 0 radical (unpaired) electrons. The van der Waals surface area contributed by atoms with Gasteiger partial charge in [-0.1, -0.05) is 30.3 Å². The van der Waals surface area contributed by atoms with E-state index >= 15 is 0 Å². The average Bonchev–Trinajstić information content (AvgIpc) is 2.46. The standard InChI is InChI=1S/C13H10N2O5S/c16-13(9-4-2-1-3-5-9)10-6-7-12(15(17)18)11(8-10)14-21(19)20/h1-8,14H,(H,19,20)/p-1. The van der Waals surface area contributed by atoms with Gasteiger partial charge >= 0.3 is 0 Å². The zero-order chi connectivity index (χ0) is 15.4. The number of nitro benzene ring substituents is 1. The first-order valence-corrected chi connectivity index (χ1v) is 6.80. The van der Waals surface area contributed by atoms with Crippen LogP contribution in [0.2, 0.25) is 0 Å². The molecule has 0 bridgehead atoms. The largest absolute Gasteiger partial charge is 0.755 e. The predicted octanol–water partition coefficient (Wildman–Crippen LogP) is 2.03. The van der Waals surface area contributed by atoms with Gasteiger partial charge in [0.2, 0.25) is 0 Å². The first-order valence-electron chi connectivity index (χ1n) is 5.73. The maximum atomic E-state index is 12.2. The molecule has 0 spiro atoms. The van der Waals surface area contributed by atoms with Crippen LogP contribution in [0.1, 0.15) is 15.9 Å². The maximum absolute atomic E-state index is 12.2. The van der Waals surface area contributed by atoms with E-state index in [4.69, 9.17) is 0 Å². The average molecular weight is 305 g/mol. The number of benzene rings is 2. The molecule has 8 heteroatoms. The Morgan fingerprint density at radius 2 is 1.76 bits per heavy atom. The molecule has 21 heavy (non-hydrogen) atoms. The van der Waals surface area contributed by atoms with Crippen LogP contribution in [0.5, 0.6) is 0 Å². The number of hydrogen-bond donors (Lipinski definition) is 1. The molecule has 108 valence electrons. The highest BCUT2D eigenvalue weighted by Crippen LogP contribution is 2.26. The van der Waals surface area contributed by atoms with Gasteiger partial charge in [0.05, 0.1) is 4.92 Å². The molecular weight excluding hydrogens is 296 g/mol. The Hall–Kier alpha value is -2.58. The van der Waals surface area contributed by atoms with Crippen molar-refractivity contribution >= 4 is 28.4 Å². The fourth-order valence-corrected chi connectivity index (χ4v) is 2.11. The Bertz CT molecular complexity index is 718. The number of anilines is 1. The predicted molar refractivity (Wildman–Crippen MR) is 75.5 cm³/mol. The van der Waals surface area contributed by atoms with Gasteiger partial charge in [-0.2, -0.15) is 0 Å². The van der Waals surface area contributed by atoms with Crippen LogP contribution in [-0.2, 0) is 11.3 Å². The van der Waals surface area contributed by atoms with E-state index < -0.39 is 21.9 Å². The number of rotatable bonds is 5. The van der Waals surface area contributed by atoms with Crippen LogP contribution in [0.25, 0.3) is 0 Å². The minimum Gasteiger partial charge on any atom is -0.755 e. The van der Waals surface area contributed by atoms with Crippen molar-refractivity contribution < 1.29 is 18.5 Å². The lowest BCUT2D eigenvalue weighted by Gasteiger charge is -2.10. The van der Waals surface area contributed by atoms with E-state index in [1.54, 1.807) is 30.3 Å². The zero-order valence-electron chi connectivity index (χ0n) is 10.5. The van der Waals surface area contributed by atoms with Crippen molar-refractivity contribution in [1.29, 1.82) is 0 Å². The second-order valence-electron chi connectivity index (χ2n) is 4.02. The summed E-state index contributed by atoms with van der Waals surface area (Å²) < 4.78 is 23.3. The molecule has 1 unspecified atom stereocenters. The molecule has 2 rings (SSSR count). The first kappa shape index (κ1) is 14.8. The summed E-state index contributed by atoms with van der Waals surface area (Å²) >= 11 is -2.73. The summed E-state index contributed by atoms with van der Waals surface area (Å²) in [4.78, 5) is 22.3. The number of nitrogens with one attached hydrogen (secondary N) is 1. The van der Waals surface area contributed by atoms with Crippen molar-refractivity contribution in [2.24, 2.45) is 0 Å². The Kier molecular flexibility index (Phi) is 4.41. The third-order valence-corrected chi connectivity index (χ3v) is 3.07. The molecule has 0 aliphatic rings. The number of hydrogen-bond acceptors (Lipinski definition) is 5. The molecule has 7 nitrogen and oxygen atoms in total. The summed E-state index contributed by atoms with van der Waals surface area (Å²) in [7, 11) is 0. The van der Waals surface area contributed by atoms with Crippen molar-refractivity contribution in [3.8, 4) is 0 Å². The van der Waals surface area contributed by atoms with E-state index in [1.807, 2.05) is 4.72 Å². The van der Waals surface area contributed by atoms with E-state index in [2.05, 4.69) is 0 Å². The van der Waals surface area contributed by atoms with Gasteiger partial charge in [0.25, 0.3) is 5.69 Å². The fourth-order valence-electron chi connectivity index (χ4n) is 1.76. The molecule has 0 saturated heterocycles. The van der Waals surface area contributed by atoms with Crippen LogP contribution in [-0.4, -0.2) is 19.5 Å². The van der Waals surface area contributed by atoms with Gasteiger partial charge in [-0.15, -0.1) is 0 Å². The second kappa shape index (κ2) is 6.25. The molecule has 2 aromatic rings. The maximum Gasteiger partial charge on any atom is 0.293 e. The monoisotopic (exact) mass is 305 g/mol. The lowest BCUT2D eigenvalue weighted by Crippen LogP contribution is -2.08. The molecule has 1 atom stereocenters. The Labute approximate surface area is 122 Å². The third kappa shape index (κ3) is 3.50. The fraction of sp³-hybridized carbons (Fsp3) is 0. The minimum absolute atomic E-state index is 0.153. The number of nitro groups is 1. The van der Waals surface area contributed by atoms with Gasteiger partial charge in [-0.25, -0.2) is 0 Å². The number of ketones is 1. The van der Waals surface area contributed by atoms with Crippen LogP contribution in [0.4, 0.5) is 11.4 Å². The molecule has 1 N–H and O–H groups in total. The highest BCUT2D eigenvalue weighted by molar-refractivity contribution is 7.80. The zero-order valence-corrected chi connectivity index (χ0v) is 11.3. The molecule has 0 aromatic heterocycles. The lowest BCUT2D eigenvalue weighted by atomic mass is 10.0. The van der Waals surface area contributed by atoms with E-state index in [1.165, 1.54) is 6.07 Å². The topological polar surface area (TPSA) is 112 Å².